The highest BCUT2D eigenvalue weighted by Gasteiger charge is 2.37. The summed E-state index contributed by atoms with van der Waals surface area (Å²) in [5, 5.41) is 0. The molecule has 0 atom stereocenters. The summed E-state index contributed by atoms with van der Waals surface area (Å²) >= 11 is 0. The molecule has 1 heterocycles. The van der Waals surface area contributed by atoms with Crippen molar-refractivity contribution in [1.82, 2.24) is 4.90 Å². The van der Waals surface area contributed by atoms with Crippen LogP contribution in [0.4, 0.5) is 0 Å². The zero-order valence-electron chi connectivity index (χ0n) is 11.9. The summed E-state index contributed by atoms with van der Waals surface area (Å²) in [5.74, 6) is 0. The molecule has 2 fully saturated rings. The zero-order valence-corrected chi connectivity index (χ0v) is 11.9. The first kappa shape index (κ1) is 13.1. The van der Waals surface area contributed by atoms with E-state index in [1.54, 1.807) is 0 Å². The predicted molar refractivity (Wildman–Crippen MR) is 80.2 cm³/mol. The number of nitrogens with two attached hydrogens (primary N) is 1. The topological polar surface area (TPSA) is 29.3 Å². The van der Waals surface area contributed by atoms with Crippen molar-refractivity contribution in [1.29, 1.82) is 0 Å². The van der Waals surface area contributed by atoms with Crippen LogP contribution in [-0.4, -0.2) is 30.6 Å². The van der Waals surface area contributed by atoms with E-state index < -0.39 is 0 Å². The molecule has 1 aromatic rings. The van der Waals surface area contributed by atoms with Crippen molar-refractivity contribution in [3.63, 3.8) is 0 Å². The molecule has 1 saturated carbocycles. The van der Waals surface area contributed by atoms with Gasteiger partial charge in [0.05, 0.1) is 0 Å². The van der Waals surface area contributed by atoms with Gasteiger partial charge in [-0.1, -0.05) is 30.3 Å². The number of likely N-dealkylation sites (tertiary alicyclic amines) is 1. The number of benzene rings is 1. The van der Waals surface area contributed by atoms with E-state index in [-0.39, 0.29) is 5.41 Å². The van der Waals surface area contributed by atoms with Crippen molar-refractivity contribution >= 4 is 0 Å². The lowest BCUT2D eigenvalue weighted by Crippen LogP contribution is -2.44. The molecule has 0 amide bonds. The van der Waals surface area contributed by atoms with E-state index in [1.165, 1.54) is 57.2 Å². The maximum atomic E-state index is 6.16. The average molecular weight is 258 g/mol. The van der Waals surface area contributed by atoms with Crippen molar-refractivity contribution in [3.8, 4) is 0 Å². The number of nitrogens with zero attached hydrogens (tertiary/aromatic N) is 1. The van der Waals surface area contributed by atoms with Gasteiger partial charge in [0.1, 0.15) is 0 Å². The van der Waals surface area contributed by atoms with Crippen LogP contribution in [0.3, 0.4) is 0 Å². The second-order valence-electron chi connectivity index (χ2n) is 6.32. The maximum Gasteiger partial charge on any atom is 0.00959 e. The SMILES string of the molecule is NCC1(c2ccccc2)CCC(N2CCCC2)CC1. The summed E-state index contributed by atoms with van der Waals surface area (Å²) in [7, 11) is 0. The first-order valence-corrected chi connectivity index (χ1v) is 7.84. The molecule has 2 N–H and O–H groups in total. The van der Waals surface area contributed by atoms with Crippen LogP contribution in [0.15, 0.2) is 30.3 Å². The summed E-state index contributed by atoms with van der Waals surface area (Å²) in [5.41, 5.74) is 7.86. The largest absolute Gasteiger partial charge is 0.330 e. The molecule has 0 bridgehead atoms. The normalized spacial score (nSPS) is 32.6. The van der Waals surface area contributed by atoms with Crippen LogP contribution in [0.5, 0.6) is 0 Å². The Hall–Kier alpha value is -0.860. The lowest BCUT2D eigenvalue weighted by atomic mass is 9.68. The van der Waals surface area contributed by atoms with E-state index in [2.05, 4.69) is 35.2 Å². The summed E-state index contributed by atoms with van der Waals surface area (Å²) in [6, 6.07) is 11.8. The third kappa shape index (κ3) is 2.56. The summed E-state index contributed by atoms with van der Waals surface area (Å²) in [6.07, 6.45) is 7.97. The van der Waals surface area contributed by atoms with E-state index in [0.717, 1.165) is 12.6 Å². The fourth-order valence-corrected chi connectivity index (χ4v) is 4.03. The monoisotopic (exact) mass is 258 g/mol. The molecule has 2 nitrogen and oxygen atoms in total. The molecular formula is C17H26N2. The van der Waals surface area contributed by atoms with Crippen LogP contribution < -0.4 is 5.73 Å². The van der Waals surface area contributed by atoms with Crippen LogP contribution in [0.2, 0.25) is 0 Å². The molecule has 2 aliphatic rings. The van der Waals surface area contributed by atoms with E-state index >= 15 is 0 Å². The third-order valence-corrected chi connectivity index (χ3v) is 5.35. The highest BCUT2D eigenvalue weighted by molar-refractivity contribution is 5.26. The van der Waals surface area contributed by atoms with Gasteiger partial charge in [-0.05, 0) is 57.2 Å². The molecule has 19 heavy (non-hydrogen) atoms. The smallest absolute Gasteiger partial charge is 0.00959 e. The molecule has 0 unspecified atom stereocenters. The Balaban J connectivity index is 1.69. The molecule has 1 aromatic carbocycles. The predicted octanol–water partition coefficient (Wildman–Crippen LogP) is 2.92. The Morgan fingerprint density at radius 3 is 2.26 bits per heavy atom. The number of hydrogen-bond acceptors (Lipinski definition) is 2. The van der Waals surface area contributed by atoms with Crippen molar-refractivity contribution < 1.29 is 0 Å². The van der Waals surface area contributed by atoms with Crippen LogP contribution in [0.1, 0.15) is 44.1 Å². The lowest BCUT2D eigenvalue weighted by Gasteiger charge is -2.42. The van der Waals surface area contributed by atoms with Gasteiger partial charge < -0.3 is 10.6 Å². The summed E-state index contributed by atoms with van der Waals surface area (Å²) in [4.78, 5) is 2.71. The zero-order chi connectivity index (χ0) is 13.1. The molecule has 0 radical (unpaired) electrons. The van der Waals surface area contributed by atoms with Crippen LogP contribution >= 0.6 is 0 Å². The van der Waals surface area contributed by atoms with E-state index in [0.29, 0.717) is 0 Å². The van der Waals surface area contributed by atoms with Crippen LogP contribution in [0.25, 0.3) is 0 Å². The number of hydrogen-bond donors (Lipinski definition) is 1. The third-order valence-electron chi connectivity index (χ3n) is 5.35. The quantitative estimate of drug-likeness (QED) is 0.903. The van der Waals surface area contributed by atoms with Gasteiger partial charge in [0.15, 0.2) is 0 Å². The Morgan fingerprint density at radius 1 is 1.05 bits per heavy atom. The van der Waals surface area contributed by atoms with E-state index in [1.807, 2.05) is 0 Å². The minimum Gasteiger partial charge on any atom is -0.330 e. The molecule has 0 aromatic heterocycles. The Bertz CT molecular complexity index is 387. The molecule has 0 spiro atoms. The molecule has 1 aliphatic heterocycles. The standard InChI is InChI=1S/C17H26N2/c18-14-17(15-6-2-1-3-7-15)10-8-16(9-11-17)19-12-4-5-13-19/h1-3,6-7,16H,4-5,8-14,18H2. The first-order chi connectivity index (χ1) is 9.34. The van der Waals surface area contributed by atoms with Crippen LogP contribution in [0, 0.1) is 0 Å². The summed E-state index contributed by atoms with van der Waals surface area (Å²) in [6.45, 7) is 3.45. The van der Waals surface area contributed by atoms with Gasteiger partial charge in [0.2, 0.25) is 0 Å². The van der Waals surface area contributed by atoms with E-state index in [9.17, 15) is 0 Å². The van der Waals surface area contributed by atoms with Gasteiger partial charge in [-0.3, -0.25) is 0 Å². The molecule has 104 valence electrons. The van der Waals surface area contributed by atoms with Gasteiger partial charge in [-0.2, -0.15) is 0 Å². The van der Waals surface area contributed by atoms with Gasteiger partial charge in [0.25, 0.3) is 0 Å². The summed E-state index contributed by atoms with van der Waals surface area (Å²) < 4.78 is 0. The lowest BCUT2D eigenvalue weighted by molar-refractivity contribution is 0.149. The Labute approximate surface area is 117 Å². The highest BCUT2D eigenvalue weighted by Crippen LogP contribution is 2.40. The minimum absolute atomic E-state index is 0.248. The minimum atomic E-state index is 0.248. The highest BCUT2D eigenvalue weighted by atomic mass is 15.2. The van der Waals surface area contributed by atoms with Gasteiger partial charge in [0, 0.05) is 18.0 Å². The number of rotatable bonds is 3. The van der Waals surface area contributed by atoms with Crippen molar-refractivity contribution in [2.24, 2.45) is 5.73 Å². The van der Waals surface area contributed by atoms with Crippen molar-refractivity contribution in [2.45, 2.75) is 50.0 Å². The van der Waals surface area contributed by atoms with Crippen molar-refractivity contribution in [2.75, 3.05) is 19.6 Å². The second-order valence-corrected chi connectivity index (χ2v) is 6.32. The maximum absolute atomic E-state index is 6.16. The Kier molecular flexibility index (Phi) is 3.90. The second kappa shape index (κ2) is 5.64. The van der Waals surface area contributed by atoms with Crippen LogP contribution in [-0.2, 0) is 5.41 Å². The molecule has 1 aliphatic carbocycles. The van der Waals surface area contributed by atoms with Gasteiger partial charge >= 0.3 is 0 Å². The molecule has 2 heteroatoms. The molecular weight excluding hydrogens is 232 g/mol. The fourth-order valence-electron chi connectivity index (χ4n) is 4.03. The Morgan fingerprint density at radius 2 is 1.68 bits per heavy atom. The average Bonchev–Trinajstić information content (AvgIpc) is 3.02. The first-order valence-electron chi connectivity index (χ1n) is 7.84. The van der Waals surface area contributed by atoms with Crippen molar-refractivity contribution in [3.05, 3.63) is 35.9 Å². The van der Waals surface area contributed by atoms with Gasteiger partial charge in [-0.25, -0.2) is 0 Å². The van der Waals surface area contributed by atoms with Gasteiger partial charge in [-0.15, -0.1) is 0 Å². The fraction of sp³-hybridized carbons (Fsp3) is 0.647. The van der Waals surface area contributed by atoms with E-state index in [4.69, 9.17) is 5.73 Å². The molecule has 1 saturated heterocycles. The molecule has 3 rings (SSSR count).